The van der Waals surface area contributed by atoms with Gasteiger partial charge in [-0.2, -0.15) is 35.1 Å². The van der Waals surface area contributed by atoms with Gasteiger partial charge in [0, 0.05) is 0 Å². The van der Waals surface area contributed by atoms with Crippen LogP contribution in [0.1, 0.15) is 0 Å². The molecule has 0 aliphatic heterocycles. The smallest absolute Gasteiger partial charge is 0.461 e. The summed E-state index contributed by atoms with van der Waals surface area (Å²) in [6.07, 6.45) is -6.46. The van der Waals surface area contributed by atoms with Gasteiger partial charge in [0.05, 0.1) is 0 Å². The highest BCUT2D eigenvalue weighted by Gasteiger charge is 2.74. The van der Waals surface area contributed by atoms with Gasteiger partial charge >= 0.3 is 17.4 Å². The molecule has 0 radical (unpaired) electrons. The van der Waals surface area contributed by atoms with Crippen molar-refractivity contribution in [3.63, 3.8) is 0 Å². The Hall–Kier alpha value is -0.260. The second kappa shape index (κ2) is 4.08. The van der Waals surface area contributed by atoms with E-state index in [1.54, 1.807) is 0 Å². The molecule has 86 valence electrons. The molecule has 0 aromatic heterocycles. The van der Waals surface area contributed by atoms with Crippen LogP contribution in [0, 0.1) is 0 Å². The van der Waals surface area contributed by atoms with Gasteiger partial charge in [0.15, 0.2) is 0 Å². The van der Waals surface area contributed by atoms with Crippen molar-refractivity contribution >= 4 is 12.0 Å². The summed E-state index contributed by atoms with van der Waals surface area (Å²) in [7, 11) is 0. The summed E-state index contributed by atoms with van der Waals surface area (Å²) in [4.78, 5) is 0. The van der Waals surface area contributed by atoms with E-state index in [-0.39, 0.29) is 0 Å². The first-order valence-electron chi connectivity index (χ1n) is 2.53. The van der Waals surface area contributed by atoms with E-state index in [9.17, 15) is 30.7 Å². The Morgan fingerprint density at radius 1 is 0.929 bits per heavy atom. The van der Waals surface area contributed by atoms with E-state index < -0.39 is 29.4 Å². The molecule has 0 bridgehead atoms. The summed E-state index contributed by atoms with van der Waals surface area (Å²) in [6.45, 7) is 0. The number of hydrogen-bond acceptors (Lipinski definition) is 4. The fourth-order valence-corrected chi connectivity index (χ4v) is 0.608. The van der Waals surface area contributed by atoms with Crippen LogP contribution in [0.5, 0.6) is 0 Å². The molecule has 0 aliphatic rings. The Morgan fingerprint density at radius 2 is 1.36 bits per heavy atom. The lowest BCUT2D eigenvalue weighted by Gasteiger charge is -2.26. The number of rotatable bonds is 4. The average molecular weight is 249 g/mol. The number of hydrogen-bond donors (Lipinski definition) is 0. The minimum atomic E-state index is -6.46. The van der Waals surface area contributed by atoms with Gasteiger partial charge < -0.3 is 5.26 Å². The summed E-state index contributed by atoms with van der Waals surface area (Å²) >= 11 is -1.73. The lowest BCUT2D eigenvalue weighted by Crippen LogP contribution is -2.50. The first kappa shape index (κ1) is 13.7. The lowest BCUT2D eigenvalue weighted by molar-refractivity contribution is -0.777. The fourth-order valence-electron chi connectivity index (χ4n) is 0.274. The number of alkyl halides is 7. The molecule has 0 unspecified atom stereocenters. The van der Waals surface area contributed by atoms with Crippen molar-refractivity contribution in [2.24, 2.45) is 0 Å². The molecule has 0 amide bonds. The van der Waals surface area contributed by atoms with E-state index >= 15 is 0 Å². The van der Waals surface area contributed by atoms with Gasteiger partial charge in [-0.1, -0.05) is 0 Å². The van der Waals surface area contributed by atoms with Crippen molar-refractivity contribution in [3.05, 3.63) is 0 Å². The van der Waals surface area contributed by atoms with E-state index in [0.29, 0.717) is 0 Å². The molecule has 0 N–H and O–H groups in total. The maximum absolute atomic E-state index is 12.0. The van der Waals surface area contributed by atoms with Crippen LogP contribution in [0.15, 0.2) is 0 Å². The molecule has 14 heavy (non-hydrogen) atoms. The van der Waals surface area contributed by atoms with Gasteiger partial charge in [-0.3, -0.25) is 5.04 Å². The van der Waals surface area contributed by atoms with Crippen molar-refractivity contribution in [3.8, 4) is 0 Å². The maximum Gasteiger partial charge on any atom is 0.461 e. The van der Waals surface area contributed by atoms with Gasteiger partial charge in [0.1, 0.15) is 12.0 Å². The molecule has 0 aromatic rings. The molecule has 0 aromatic carbocycles. The summed E-state index contributed by atoms with van der Waals surface area (Å²) < 4.78 is 84.6. The fraction of sp³-hybridized carbons (Fsp3) is 1.00. The van der Waals surface area contributed by atoms with Crippen LogP contribution in [0.4, 0.5) is 30.7 Å². The van der Waals surface area contributed by atoms with Crippen molar-refractivity contribution in [2.45, 2.75) is 17.4 Å². The highest BCUT2D eigenvalue weighted by Crippen LogP contribution is 2.51. The van der Waals surface area contributed by atoms with Crippen LogP contribution in [0.3, 0.4) is 0 Å². The zero-order valence-corrected chi connectivity index (χ0v) is 6.60. The highest BCUT2D eigenvalue weighted by atomic mass is 32.2. The largest absolute Gasteiger partial charge is 0.691 e. The maximum atomic E-state index is 12.0. The van der Waals surface area contributed by atoms with Crippen LogP contribution < -0.4 is 5.26 Å². The van der Waals surface area contributed by atoms with Crippen molar-refractivity contribution in [1.82, 2.24) is 0 Å². The molecule has 0 spiro atoms. The minimum Gasteiger partial charge on any atom is -0.691 e. The SMILES string of the molecule is [O-]OOSC(F)(F)C(F)(F)C(F)(F)F. The summed E-state index contributed by atoms with van der Waals surface area (Å²) in [5.74, 6) is -6.33. The topological polar surface area (TPSA) is 41.5 Å². The Morgan fingerprint density at radius 3 is 1.64 bits per heavy atom. The van der Waals surface area contributed by atoms with Gasteiger partial charge in [-0.25, -0.2) is 0 Å². The Kier molecular flexibility index (Phi) is 4.01. The Labute approximate surface area is 75.8 Å². The molecule has 11 heteroatoms. The van der Waals surface area contributed by atoms with Crippen LogP contribution in [-0.4, -0.2) is 17.4 Å². The van der Waals surface area contributed by atoms with Gasteiger partial charge in [-0.15, -0.1) is 0 Å². The standard InChI is InChI=1S/C3HF7O3S/c4-1(5,2(6,7)8)3(9,10)14-13-12-11/h11H/p-1. The lowest BCUT2D eigenvalue weighted by atomic mass is 10.3. The van der Waals surface area contributed by atoms with Crippen LogP contribution >= 0.6 is 12.0 Å². The van der Waals surface area contributed by atoms with E-state index in [2.05, 4.69) is 9.37 Å². The molecule has 0 rings (SSSR count). The molecular weight excluding hydrogens is 249 g/mol. The molecule has 0 heterocycles. The molecule has 3 nitrogen and oxygen atoms in total. The van der Waals surface area contributed by atoms with Crippen LogP contribution in [0.2, 0.25) is 0 Å². The zero-order chi connectivity index (χ0) is 11.6. The normalized spacial score (nSPS) is 14.6. The van der Waals surface area contributed by atoms with E-state index in [0.717, 1.165) is 0 Å². The molecule has 0 saturated heterocycles. The predicted molar refractivity (Wildman–Crippen MR) is 25.7 cm³/mol. The second-order valence-electron chi connectivity index (χ2n) is 1.81. The molecule has 0 fully saturated rings. The molecule has 0 saturated carbocycles. The summed E-state index contributed by atoms with van der Waals surface area (Å²) in [5, 5.41) is 5.51. The number of halogens is 7. The van der Waals surface area contributed by atoms with Crippen molar-refractivity contribution < 1.29 is 45.4 Å². The first-order chi connectivity index (χ1) is 6.06. The average Bonchev–Trinajstić information content (AvgIpc) is 1.98. The Bertz CT molecular complexity index is 191. The Balaban J connectivity index is 4.69. The molecule has 0 atom stereocenters. The third-order valence-corrected chi connectivity index (χ3v) is 1.48. The van der Waals surface area contributed by atoms with E-state index in [1.165, 1.54) is 0 Å². The highest BCUT2D eigenvalue weighted by molar-refractivity contribution is 7.95. The van der Waals surface area contributed by atoms with Crippen LogP contribution in [0.25, 0.3) is 0 Å². The monoisotopic (exact) mass is 249 g/mol. The van der Waals surface area contributed by atoms with Crippen molar-refractivity contribution in [2.75, 3.05) is 0 Å². The zero-order valence-electron chi connectivity index (χ0n) is 5.78. The minimum absolute atomic E-state index is 1.73. The quantitative estimate of drug-likeness (QED) is 0.329. The van der Waals surface area contributed by atoms with Crippen molar-refractivity contribution in [1.29, 1.82) is 0 Å². The summed E-state index contributed by atoms with van der Waals surface area (Å²) in [5.41, 5.74) is 0. The molecule has 0 aliphatic carbocycles. The van der Waals surface area contributed by atoms with Gasteiger partial charge in [0.25, 0.3) is 0 Å². The van der Waals surface area contributed by atoms with Gasteiger partial charge in [-0.05, 0) is 0 Å². The van der Waals surface area contributed by atoms with Gasteiger partial charge in [0.2, 0.25) is 0 Å². The first-order valence-corrected chi connectivity index (χ1v) is 3.27. The third-order valence-electron chi connectivity index (χ3n) is 0.888. The predicted octanol–water partition coefficient (Wildman–Crippen LogP) is 1.65. The second-order valence-corrected chi connectivity index (χ2v) is 2.62. The summed E-state index contributed by atoms with van der Waals surface area (Å²) in [6, 6.07) is 0. The third kappa shape index (κ3) is 2.62. The van der Waals surface area contributed by atoms with E-state index in [4.69, 9.17) is 5.26 Å². The van der Waals surface area contributed by atoms with E-state index in [1.807, 2.05) is 0 Å². The van der Waals surface area contributed by atoms with Crippen LogP contribution in [-0.2, 0) is 9.37 Å². The molecular formula is C3F7O3S-.